The van der Waals surface area contributed by atoms with E-state index >= 15 is 0 Å². The van der Waals surface area contributed by atoms with Gasteiger partial charge in [0.05, 0.1) is 5.69 Å². The number of piperidine rings is 1. The number of carbonyl (C=O) groups excluding carboxylic acids is 1. The van der Waals surface area contributed by atoms with E-state index in [1.807, 2.05) is 43.5 Å². The van der Waals surface area contributed by atoms with Crippen molar-refractivity contribution < 1.29 is 9.53 Å². The molecule has 3 heterocycles. The first-order valence-corrected chi connectivity index (χ1v) is 9.93. The fourth-order valence-corrected chi connectivity index (χ4v) is 3.67. The molecule has 2 aromatic heterocycles. The maximum Gasteiger partial charge on any atom is 0.407 e. The monoisotopic (exact) mass is 422 g/mol. The van der Waals surface area contributed by atoms with Crippen LogP contribution in [0.5, 0.6) is 0 Å². The SMILES string of the molecule is CC(C)(C)OC(=O)NCC1CCCCN1Cc1cn2cc(Br)ccc2n1. The van der Waals surface area contributed by atoms with Crippen LogP contribution in [0.2, 0.25) is 0 Å². The zero-order valence-electron chi connectivity index (χ0n) is 15.7. The lowest BCUT2D eigenvalue weighted by Crippen LogP contribution is -2.47. The summed E-state index contributed by atoms with van der Waals surface area (Å²) < 4.78 is 8.42. The van der Waals surface area contributed by atoms with E-state index in [0.717, 1.165) is 35.3 Å². The number of nitrogens with zero attached hydrogens (tertiary/aromatic N) is 3. The molecular weight excluding hydrogens is 396 g/mol. The van der Waals surface area contributed by atoms with Crippen LogP contribution in [0.1, 0.15) is 45.7 Å². The number of amides is 1. The van der Waals surface area contributed by atoms with Crippen molar-refractivity contribution in [2.75, 3.05) is 13.1 Å². The van der Waals surface area contributed by atoms with Gasteiger partial charge in [-0.3, -0.25) is 4.90 Å². The summed E-state index contributed by atoms with van der Waals surface area (Å²) in [4.78, 5) is 19.1. The van der Waals surface area contributed by atoms with E-state index in [1.165, 1.54) is 12.8 Å². The maximum absolute atomic E-state index is 11.9. The fraction of sp³-hybridized carbons (Fsp3) is 0.579. The van der Waals surface area contributed by atoms with Crippen LogP contribution in [0.3, 0.4) is 0 Å². The molecule has 1 fully saturated rings. The van der Waals surface area contributed by atoms with Crippen molar-refractivity contribution in [3.05, 3.63) is 34.7 Å². The predicted octanol–water partition coefficient (Wildman–Crippen LogP) is 3.98. The Labute approximate surface area is 163 Å². The van der Waals surface area contributed by atoms with Crippen LogP contribution in [-0.4, -0.2) is 45.1 Å². The highest BCUT2D eigenvalue weighted by atomic mass is 79.9. The average Bonchev–Trinajstić information content (AvgIpc) is 2.94. The van der Waals surface area contributed by atoms with Crippen molar-refractivity contribution in [1.29, 1.82) is 0 Å². The van der Waals surface area contributed by atoms with Crippen molar-refractivity contribution in [3.8, 4) is 0 Å². The number of hydrogen-bond donors (Lipinski definition) is 1. The van der Waals surface area contributed by atoms with Gasteiger partial charge >= 0.3 is 6.09 Å². The van der Waals surface area contributed by atoms with Crippen LogP contribution in [0, 0.1) is 0 Å². The molecule has 142 valence electrons. The van der Waals surface area contributed by atoms with Crippen LogP contribution >= 0.6 is 15.9 Å². The zero-order valence-corrected chi connectivity index (χ0v) is 17.3. The van der Waals surface area contributed by atoms with E-state index in [-0.39, 0.29) is 6.09 Å². The molecule has 0 spiro atoms. The summed E-state index contributed by atoms with van der Waals surface area (Å²) in [6, 6.07) is 4.32. The molecule has 1 saturated heterocycles. The third-order valence-corrected chi connectivity index (χ3v) is 4.93. The number of alkyl carbamates (subject to hydrolysis) is 1. The molecule has 0 radical (unpaired) electrons. The van der Waals surface area contributed by atoms with Gasteiger partial charge in [-0.15, -0.1) is 0 Å². The molecule has 3 rings (SSSR count). The number of likely N-dealkylation sites (tertiary alicyclic amines) is 1. The number of pyridine rings is 1. The van der Waals surface area contributed by atoms with E-state index in [1.54, 1.807) is 0 Å². The fourth-order valence-electron chi connectivity index (χ4n) is 3.32. The molecular formula is C19H27BrN4O2. The first-order valence-electron chi connectivity index (χ1n) is 9.14. The Kier molecular flexibility index (Phi) is 5.87. The van der Waals surface area contributed by atoms with Crippen LogP contribution < -0.4 is 5.32 Å². The first-order chi connectivity index (χ1) is 12.3. The number of rotatable bonds is 4. The number of nitrogens with one attached hydrogen (secondary N) is 1. The summed E-state index contributed by atoms with van der Waals surface area (Å²) in [5.74, 6) is 0. The lowest BCUT2D eigenvalue weighted by molar-refractivity contribution is 0.0491. The Morgan fingerprint density at radius 1 is 1.35 bits per heavy atom. The third kappa shape index (κ3) is 5.20. The van der Waals surface area contributed by atoms with Gasteiger partial charge in [-0.1, -0.05) is 6.42 Å². The molecule has 1 unspecified atom stereocenters. The number of carbonyl (C=O) groups is 1. The average molecular weight is 423 g/mol. The van der Waals surface area contributed by atoms with Gasteiger partial charge in [0.2, 0.25) is 0 Å². The van der Waals surface area contributed by atoms with Gasteiger partial charge in [-0.05, 0) is 68.2 Å². The number of halogens is 1. The number of fused-ring (bicyclic) bond motifs is 1. The Hall–Kier alpha value is -1.60. The second-order valence-corrected chi connectivity index (χ2v) is 8.76. The molecule has 0 aromatic carbocycles. The molecule has 0 saturated carbocycles. The van der Waals surface area contributed by atoms with Crippen molar-refractivity contribution in [1.82, 2.24) is 19.6 Å². The smallest absolute Gasteiger partial charge is 0.407 e. The highest BCUT2D eigenvalue weighted by molar-refractivity contribution is 9.10. The lowest BCUT2D eigenvalue weighted by atomic mass is 10.0. The van der Waals surface area contributed by atoms with E-state index in [0.29, 0.717) is 12.6 Å². The van der Waals surface area contributed by atoms with Crippen molar-refractivity contribution in [2.24, 2.45) is 0 Å². The minimum atomic E-state index is -0.471. The Balaban J connectivity index is 1.61. The Morgan fingerprint density at radius 3 is 2.92 bits per heavy atom. The van der Waals surface area contributed by atoms with E-state index in [2.05, 4.69) is 32.3 Å². The normalized spacial score (nSPS) is 18.8. The molecule has 6 nitrogen and oxygen atoms in total. The first kappa shape index (κ1) is 19.2. The van der Waals surface area contributed by atoms with Gasteiger partial charge in [0.1, 0.15) is 11.2 Å². The predicted molar refractivity (Wildman–Crippen MR) is 105 cm³/mol. The van der Waals surface area contributed by atoms with Gasteiger partial charge in [-0.2, -0.15) is 0 Å². The number of hydrogen-bond acceptors (Lipinski definition) is 4. The summed E-state index contributed by atoms with van der Waals surface area (Å²) >= 11 is 3.49. The lowest BCUT2D eigenvalue weighted by Gasteiger charge is -2.35. The summed E-state index contributed by atoms with van der Waals surface area (Å²) in [7, 11) is 0. The van der Waals surface area contributed by atoms with Crippen molar-refractivity contribution in [3.63, 3.8) is 0 Å². The molecule has 2 aromatic rings. The number of ether oxygens (including phenoxy) is 1. The topological polar surface area (TPSA) is 58.9 Å². The standard InChI is InChI=1S/C19H27BrN4O2/c1-19(2,3)26-18(25)21-10-16-6-4-5-9-23(16)12-15-13-24-11-14(20)7-8-17(24)22-15/h7-8,11,13,16H,4-6,9-10,12H2,1-3H3,(H,21,25). The quantitative estimate of drug-likeness (QED) is 0.809. The second-order valence-electron chi connectivity index (χ2n) is 7.85. The van der Waals surface area contributed by atoms with Crippen LogP contribution in [0.25, 0.3) is 5.65 Å². The zero-order chi connectivity index (χ0) is 18.7. The molecule has 26 heavy (non-hydrogen) atoms. The third-order valence-electron chi connectivity index (χ3n) is 4.46. The van der Waals surface area contributed by atoms with E-state index < -0.39 is 5.60 Å². The molecule has 1 aliphatic rings. The maximum atomic E-state index is 11.9. The number of imidazole rings is 1. The van der Waals surface area contributed by atoms with Crippen molar-refractivity contribution in [2.45, 2.75) is 58.2 Å². The highest BCUT2D eigenvalue weighted by Gasteiger charge is 2.25. The minimum absolute atomic E-state index is 0.313. The minimum Gasteiger partial charge on any atom is -0.444 e. The molecule has 0 bridgehead atoms. The summed E-state index contributed by atoms with van der Waals surface area (Å²) in [6.45, 7) is 8.05. The summed E-state index contributed by atoms with van der Waals surface area (Å²) in [5.41, 5.74) is 1.53. The highest BCUT2D eigenvalue weighted by Crippen LogP contribution is 2.20. The van der Waals surface area contributed by atoms with Gasteiger partial charge in [-0.25, -0.2) is 9.78 Å². The Bertz CT molecular complexity index is 768. The summed E-state index contributed by atoms with van der Waals surface area (Å²) in [6.07, 6.45) is 7.20. The molecule has 0 aliphatic carbocycles. The van der Waals surface area contributed by atoms with Crippen LogP contribution in [0.4, 0.5) is 4.79 Å². The van der Waals surface area contributed by atoms with E-state index in [4.69, 9.17) is 9.72 Å². The van der Waals surface area contributed by atoms with Gasteiger partial charge in [0.15, 0.2) is 0 Å². The van der Waals surface area contributed by atoms with Gasteiger partial charge in [0, 0.05) is 36.0 Å². The molecule has 7 heteroatoms. The largest absolute Gasteiger partial charge is 0.444 e. The number of aromatic nitrogens is 2. The van der Waals surface area contributed by atoms with Gasteiger partial charge < -0.3 is 14.5 Å². The van der Waals surface area contributed by atoms with Crippen molar-refractivity contribution >= 4 is 27.7 Å². The molecule has 1 N–H and O–H groups in total. The van der Waals surface area contributed by atoms with Crippen LogP contribution in [0.15, 0.2) is 29.0 Å². The van der Waals surface area contributed by atoms with Crippen LogP contribution in [-0.2, 0) is 11.3 Å². The molecule has 1 amide bonds. The van der Waals surface area contributed by atoms with E-state index in [9.17, 15) is 4.79 Å². The second kappa shape index (κ2) is 7.96. The van der Waals surface area contributed by atoms with Gasteiger partial charge in [0.25, 0.3) is 0 Å². The summed E-state index contributed by atoms with van der Waals surface area (Å²) in [5, 5.41) is 2.92. The molecule has 1 aliphatic heterocycles. The Morgan fingerprint density at radius 2 is 2.15 bits per heavy atom. The molecule has 1 atom stereocenters.